The van der Waals surface area contributed by atoms with Crippen LogP contribution < -0.4 is 10.1 Å². The molecule has 1 aliphatic heterocycles. The second kappa shape index (κ2) is 10.3. The summed E-state index contributed by atoms with van der Waals surface area (Å²) in [5.74, 6) is -4.62. The summed E-state index contributed by atoms with van der Waals surface area (Å²) in [6.07, 6.45) is -5.85. The number of sulfonamides is 1. The summed E-state index contributed by atoms with van der Waals surface area (Å²) >= 11 is 5.99. The van der Waals surface area contributed by atoms with Crippen LogP contribution in [-0.2, 0) is 10.0 Å². The molecular formula is C21H27ClF5N3O4S. The van der Waals surface area contributed by atoms with Crippen LogP contribution in [0.4, 0.5) is 22.0 Å². The van der Waals surface area contributed by atoms with Gasteiger partial charge in [-0.05, 0) is 31.9 Å². The Morgan fingerprint density at radius 2 is 1.71 bits per heavy atom. The maximum Gasteiger partial charge on any atom is 0.573 e. The van der Waals surface area contributed by atoms with E-state index in [1.165, 1.54) is 23.4 Å². The molecule has 2 fully saturated rings. The van der Waals surface area contributed by atoms with E-state index in [0.717, 1.165) is 6.07 Å². The van der Waals surface area contributed by atoms with Gasteiger partial charge in [0.05, 0.1) is 10.8 Å². The molecule has 14 heteroatoms. The Hall–Kier alpha value is -1.70. The summed E-state index contributed by atoms with van der Waals surface area (Å²) in [7, 11) is -3.40. The Balaban J connectivity index is 1.79. The largest absolute Gasteiger partial charge is 0.573 e. The van der Waals surface area contributed by atoms with Crippen molar-refractivity contribution in [2.45, 2.75) is 50.4 Å². The fourth-order valence-electron chi connectivity index (χ4n) is 4.58. The number of nitrogens with one attached hydrogen (secondary N) is 1. The van der Waals surface area contributed by atoms with E-state index in [0.29, 0.717) is 0 Å². The number of carbonyl (C=O) groups excluding carboxylic acids is 1. The molecule has 0 aromatic heterocycles. The van der Waals surface area contributed by atoms with Crippen molar-refractivity contribution in [3.63, 3.8) is 0 Å². The molecule has 0 radical (unpaired) electrons. The fourth-order valence-corrected chi connectivity index (χ4v) is 5.91. The Kier molecular flexibility index (Phi) is 8.24. The molecule has 1 N–H and O–H groups in total. The predicted molar refractivity (Wildman–Crippen MR) is 119 cm³/mol. The lowest BCUT2D eigenvalue weighted by atomic mass is 9.78. The van der Waals surface area contributed by atoms with E-state index in [1.54, 1.807) is 0 Å². The number of hydrogen-bond acceptors (Lipinski definition) is 5. The number of carbonyl (C=O) groups is 1. The van der Waals surface area contributed by atoms with Crippen LogP contribution >= 0.6 is 11.6 Å². The van der Waals surface area contributed by atoms with Gasteiger partial charge in [-0.25, -0.2) is 17.2 Å². The second-order valence-corrected chi connectivity index (χ2v) is 11.4. The maximum absolute atomic E-state index is 14.0. The first kappa shape index (κ1) is 27.9. The molecular weight excluding hydrogens is 521 g/mol. The molecule has 1 saturated heterocycles. The first-order chi connectivity index (χ1) is 16.2. The monoisotopic (exact) mass is 547 g/mol. The van der Waals surface area contributed by atoms with Crippen LogP contribution in [-0.4, -0.2) is 79.8 Å². The number of alkyl halides is 5. The van der Waals surface area contributed by atoms with Gasteiger partial charge < -0.3 is 10.1 Å². The average Bonchev–Trinajstić information content (AvgIpc) is 2.78. The van der Waals surface area contributed by atoms with Crippen molar-refractivity contribution in [2.75, 3.05) is 38.5 Å². The molecule has 3 rings (SSSR count). The lowest BCUT2D eigenvalue weighted by molar-refractivity contribution is -0.274. The third-order valence-corrected chi connectivity index (χ3v) is 8.78. The maximum atomic E-state index is 14.0. The van der Waals surface area contributed by atoms with Crippen LogP contribution in [0.1, 0.15) is 43.0 Å². The van der Waals surface area contributed by atoms with Crippen molar-refractivity contribution in [3.05, 3.63) is 28.8 Å². The van der Waals surface area contributed by atoms with Crippen LogP contribution in [0.25, 0.3) is 0 Å². The number of benzene rings is 1. The topological polar surface area (TPSA) is 79.0 Å². The van der Waals surface area contributed by atoms with Gasteiger partial charge in [0.2, 0.25) is 15.9 Å². The van der Waals surface area contributed by atoms with Gasteiger partial charge in [-0.3, -0.25) is 9.69 Å². The van der Waals surface area contributed by atoms with Gasteiger partial charge in [0.25, 0.3) is 5.91 Å². The number of rotatable bonds is 7. The number of ether oxygens (including phenoxy) is 1. The van der Waals surface area contributed by atoms with Crippen LogP contribution in [0.2, 0.25) is 5.02 Å². The van der Waals surface area contributed by atoms with Crippen molar-refractivity contribution in [2.24, 2.45) is 0 Å². The Morgan fingerprint density at radius 1 is 1.11 bits per heavy atom. The normalized spacial score (nSPS) is 21.5. The van der Waals surface area contributed by atoms with E-state index < -0.39 is 57.9 Å². The first-order valence-electron chi connectivity index (χ1n) is 11.1. The zero-order valence-electron chi connectivity index (χ0n) is 19.0. The van der Waals surface area contributed by atoms with Gasteiger partial charge in [0.1, 0.15) is 11.3 Å². The van der Waals surface area contributed by atoms with Gasteiger partial charge in [-0.15, -0.1) is 13.2 Å². The zero-order valence-corrected chi connectivity index (χ0v) is 20.6. The molecule has 1 amide bonds. The van der Waals surface area contributed by atoms with E-state index in [9.17, 15) is 35.2 Å². The highest BCUT2D eigenvalue weighted by atomic mass is 35.5. The fraction of sp³-hybridized carbons (Fsp3) is 0.667. The molecule has 0 spiro atoms. The number of piperazine rings is 1. The summed E-state index contributed by atoms with van der Waals surface area (Å²) in [6.45, 7) is 2.31. The Morgan fingerprint density at radius 3 is 2.26 bits per heavy atom. The lowest BCUT2D eigenvalue weighted by Crippen LogP contribution is -2.63. The van der Waals surface area contributed by atoms with Crippen molar-refractivity contribution in [1.29, 1.82) is 0 Å². The van der Waals surface area contributed by atoms with Crippen molar-refractivity contribution in [1.82, 2.24) is 14.5 Å². The standard InChI is InChI=1S/C21H27ClF5N3O4S/c1-2-35(32,33)30-12-10-29(11-13-30)19(6-8-20(23,24)9-7-19)14-28-18(31)17-15(22)4-3-5-16(17)34-21(25,26)27/h3-5H,2,6-14H2,1H3,(H,28,31). The van der Waals surface area contributed by atoms with E-state index in [-0.39, 0.29) is 56.3 Å². The van der Waals surface area contributed by atoms with Gasteiger partial charge in [-0.2, -0.15) is 4.31 Å². The van der Waals surface area contributed by atoms with Crippen molar-refractivity contribution < 1.29 is 39.9 Å². The highest BCUT2D eigenvalue weighted by molar-refractivity contribution is 7.89. The smallest absolute Gasteiger partial charge is 0.405 e. The van der Waals surface area contributed by atoms with Gasteiger partial charge >= 0.3 is 6.36 Å². The molecule has 0 atom stereocenters. The summed E-state index contributed by atoms with van der Waals surface area (Å²) < 4.78 is 96.0. The van der Waals surface area contributed by atoms with E-state index in [2.05, 4.69) is 10.1 Å². The minimum absolute atomic E-state index is 0.0231. The second-order valence-electron chi connectivity index (χ2n) is 8.71. The molecule has 0 bridgehead atoms. The van der Waals surface area contributed by atoms with Crippen LogP contribution in [0.15, 0.2) is 18.2 Å². The SMILES string of the molecule is CCS(=O)(=O)N1CCN(C2(CNC(=O)c3c(Cl)cccc3OC(F)(F)F)CCC(F)(F)CC2)CC1. The molecule has 2 aliphatic rings. The lowest BCUT2D eigenvalue weighted by Gasteiger charge is -2.50. The van der Waals surface area contributed by atoms with Crippen LogP contribution in [0.3, 0.4) is 0 Å². The molecule has 1 heterocycles. The number of nitrogens with zero attached hydrogens (tertiary/aromatic N) is 2. The van der Waals surface area contributed by atoms with Gasteiger partial charge in [0, 0.05) is 51.1 Å². The highest BCUT2D eigenvalue weighted by Gasteiger charge is 2.48. The number of halogens is 6. The van der Waals surface area contributed by atoms with Crippen LogP contribution in [0, 0.1) is 0 Å². The molecule has 1 aliphatic carbocycles. The highest BCUT2D eigenvalue weighted by Crippen LogP contribution is 2.42. The number of hydrogen-bond donors (Lipinski definition) is 1. The van der Waals surface area contributed by atoms with Gasteiger partial charge in [0.15, 0.2) is 0 Å². The van der Waals surface area contributed by atoms with E-state index in [1.807, 2.05) is 4.90 Å². The summed E-state index contributed by atoms with van der Waals surface area (Å²) in [6, 6.07) is 3.40. The minimum Gasteiger partial charge on any atom is -0.405 e. The molecule has 1 aromatic rings. The molecule has 7 nitrogen and oxygen atoms in total. The third kappa shape index (κ3) is 6.75. The summed E-state index contributed by atoms with van der Waals surface area (Å²) in [4.78, 5) is 14.8. The molecule has 1 aromatic carbocycles. The molecule has 0 unspecified atom stereocenters. The average molecular weight is 548 g/mol. The first-order valence-corrected chi connectivity index (χ1v) is 13.1. The third-order valence-electron chi connectivity index (χ3n) is 6.59. The minimum atomic E-state index is -5.05. The molecule has 1 saturated carbocycles. The summed E-state index contributed by atoms with van der Waals surface area (Å²) in [5, 5.41) is 2.31. The quantitative estimate of drug-likeness (QED) is 0.524. The summed E-state index contributed by atoms with van der Waals surface area (Å²) in [5.41, 5.74) is -1.42. The molecule has 198 valence electrons. The van der Waals surface area contributed by atoms with E-state index >= 15 is 0 Å². The van der Waals surface area contributed by atoms with E-state index in [4.69, 9.17) is 11.6 Å². The van der Waals surface area contributed by atoms with Crippen molar-refractivity contribution >= 4 is 27.5 Å². The Bertz CT molecular complexity index is 1020. The molecule has 35 heavy (non-hydrogen) atoms. The van der Waals surface area contributed by atoms with Crippen molar-refractivity contribution in [3.8, 4) is 5.75 Å². The predicted octanol–water partition coefficient (Wildman–Crippen LogP) is 3.88. The number of amides is 1. The Labute approximate surface area is 205 Å². The van der Waals surface area contributed by atoms with Gasteiger partial charge in [-0.1, -0.05) is 17.7 Å². The zero-order chi connectivity index (χ0) is 26.1. The van der Waals surface area contributed by atoms with Crippen LogP contribution in [0.5, 0.6) is 5.75 Å².